The average molecular weight is 591 g/mol. The van der Waals surface area contributed by atoms with Crippen molar-refractivity contribution in [1.82, 2.24) is 19.1 Å². The van der Waals surface area contributed by atoms with E-state index >= 15 is 0 Å². The zero-order valence-corrected chi connectivity index (χ0v) is 25.1. The SMILES string of the molecule is c1ccc(-c2nc(-c3nc(-c4ccccc4)c(-c4ccccc4)n3-c3ccccc3)n(-c3ccccc3)c2-c2ccccc2)cc1. The number of benzene rings is 6. The molecule has 4 heteroatoms. The number of hydrogen-bond donors (Lipinski definition) is 0. The zero-order chi connectivity index (χ0) is 30.7. The maximum Gasteiger partial charge on any atom is 0.182 e. The van der Waals surface area contributed by atoms with Gasteiger partial charge in [-0.3, -0.25) is 9.13 Å². The van der Waals surface area contributed by atoms with E-state index in [0.717, 1.165) is 68.1 Å². The molecule has 0 N–H and O–H groups in total. The molecule has 0 unspecified atom stereocenters. The lowest BCUT2D eigenvalue weighted by atomic mass is 10.0. The highest BCUT2D eigenvalue weighted by Gasteiger charge is 2.29. The second kappa shape index (κ2) is 12.0. The summed E-state index contributed by atoms with van der Waals surface area (Å²) in [5, 5.41) is 0. The third-order valence-corrected chi connectivity index (χ3v) is 8.17. The van der Waals surface area contributed by atoms with Gasteiger partial charge in [-0.2, -0.15) is 0 Å². The first-order valence-electron chi connectivity index (χ1n) is 15.5. The van der Waals surface area contributed by atoms with Gasteiger partial charge in [0.1, 0.15) is 0 Å². The summed E-state index contributed by atoms with van der Waals surface area (Å²) in [6.07, 6.45) is 0. The number of para-hydroxylation sites is 2. The predicted molar refractivity (Wildman–Crippen MR) is 188 cm³/mol. The molecule has 2 aromatic heterocycles. The van der Waals surface area contributed by atoms with E-state index in [2.05, 4.69) is 167 Å². The predicted octanol–water partition coefficient (Wildman–Crippen LogP) is 10.4. The van der Waals surface area contributed by atoms with Crippen LogP contribution < -0.4 is 0 Å². The van der Waals surface area contributed by atoms with Crippen LogP contribution in [0.1, 0.15) is 0 Å². The minimum atomic E-state index is 0.757. The van der Waals surface area contributed by atoms with Gasteiger partial charge in [0, 0.05) is 33.6 Å². The fourth-order valence-electron chi connectivity index (χ4n) is 6.12. The lowest BCUT2D eigenvalue weighted by Crippen LogP contribution is -2.06. The fourth-order valence-corrected chi connectivity index (χ4v) is 6.12. The molecule has 0 atom stereocenters. The molecule has 0 radical (unpaired) electrons. The molecule has 46 heavy (non-hydrogen) atoms. The van der Waals surface area contributed by atoms with Crippen LogP contribution in [-0.2, 0) is 0 Å². The number of imidazole rings is 2. The van der Waals surface area contributed by atoms with E-state index in [1.807, 2.05) is 24.3 Å². The van der Waals surface area contributed by atoms with E-state index in [-0.39, 0.29) is 0 Å². The van der Waals surface area contributed by atoms with Crippen LogP contribution in [0, 0.1) is 0 Å². The number of hydrogen-bond acceptors (Lipinski definition) is 2. The maximum absolute atomic E-state index is 5.51. The highest BCUT2D eigenvalue weighted by Crippen LogP contribution is 2.42. The lowest BCUT2D eigenvalue weighted by Gasteiger charge is -2.16. The number of rotatable bonds is 7. The first-order valence-corrected chi connectivity index (χ1v) is 15.5. The second-order valence-electron chi connectivity index (χ2n) is 11.1. The summed E-state index contributed by atoms with van der Waals surface area (Å²) in [5.41, 5.74) is 10.1. The Labute approximate surface area is 268 Å². The fraction of sp³-hybridized carbons (Fsp3) is 0. The van der Waals surface area contributed by atoms with Gasteiger partial charge in [0.05, 0.1) is 22.8 Å². The molecule has 0 fully saturated rings. The largest absolute Gasteiger partial charge is 0.289 e. The molecule has 0 spiro atoms. The molecule has 218 valence electrons. The summed E-state index contributed by atoms with van der Waals surface area (Å²) in [6.45, 7) is 0. The van der Waals surface area contributed by atoms with Gasteiger partial charge in [0.2, 0.25) is 0 Å². The first kappa shape index (κ1) is 27.3. The van der Waals surface area contributed by atoms with Crippen molar-refractivity contribution < 1.29 is 0 Å². The summed E-state index contributed by atoms with van der Waals surface area (Å²) in [4.78, 5) is 11.0. The Kier molecular flexibility index (Phi) is 7.14. The van der Waals surface area contributed by atoms with Crippen molar-refractivity contribution in [2.45, 2.75) is 0 Å². The van der Waals surface area contributed by atoms with E-state index < -0.39 is 0 Å². The van der Waals surface area contributed by atoms with E-state index in [4.69, 9.17) is 9.97 Å². The molecule has 0 saturated heterocycles. The molecule has 0 bridgehead atoms. The molecule has 6 aromatic carbocycles. The van der Waals surface area contributed by atoms with Gasteiger partial charge < -0.3 is 0 Å². The van der Waals surface area contributed by atoms with Gasteiger partial charge in [-0.15, -0.1) is 0 Å². The summed E-state index contributed by atoms with van der Waals surface area (Å²) in [5.74, 6) is 1.51. The second-order valence-corrected chi connectivity index (χ2v) is 11.1. The molecule has 0 aliphatic heterocycles. The van der Waals surface area contributed by atoms with Gasteiger partial charge in [-0.25, -0.2) is 9.97 Å². The number of nitrogens with zero attached hydrogens (tertiary/aromatic N) is 4. The van der Waals surface area contributed by atoms with E-state index in [0.29, 0.717) is 0 Å². The Balaban J connectivity index is 1.54. The molecular weight excluding hydrogens is 560 g/mol. The molecule has 0 saturated carbocycles. The van der Waals surface area contributed by atoms with E-state index in [1.165, 1.54) is 0 Å². The van der Waals surface area contributed by atoms with Crippen LogP contribution in [0.2, 0.25) is 0 Å². The molecule has 8 aromatic rings. The van der Waals surface area contributed by atoms with E-state index in [9.17, 15) is 0 Å². The molecular formula is C42H30N4. The van der Waals surface area contributed by atoms with Gasteiger partial charge in [0.25, 0.3) is 0 Å². The molecule has 0 aliphatic carbocycles. The highest BCUT2D eigenvalue weighted by atomic mass is 15.2. The molecule has 8 rings (SSSR count). The summed E-state index contributed by atoms with van der Waals surface area (Å²) in [7, 11) is 0. The van der Waals surface area contributed by atoms with Crippen LogP contribution in [0.25, 0.3) is 68.1 Å². The van der Waals surface area contributed by atoms with Crippen LogP contribution in [-0.4, -0.2) is 19.1 Å². The molecule has 0 amide bonds. The third kappa shape index (κ3) is 4.92. The Bertz CT molecular complexity index is 2040. The molecule has 2 heterocycles. The van der Waals surface area contributed by atoms with Crippen LogP contribution in [0.15, 0.2) is 182 Å². The smallest absolute Gasteiger partial charge is 0.182 e. The lowest BCUT2D eigenvalue weighted by molar-refractivity contribution is 0.994. The Morgan fingerprint density at radius 1 is 0.283 bits per heavy atom. The van der Waals surface area contributed by atoms with Crippen molar-refractivity contribution in [2.75, 3.05) is 0 Å². The van der Waals surface area contributed by atoms with Crippen molar-refractivity contribution in [2.24, 2.45) is 0 Å². The minimum Gasteiger partial charge on any atom is -0.289 e. The quantitative estimate of drug-likeness (QED) is 0.185. The standard InChI is InChI=1S/C42H30N4/c1-7-19-31(20-8-1)37-39(33-23-11-3-12-24-33)45(35-27-15-5-16-28-35)41(43-37)42-44-38(32-21-9-2-10-22-32)40(34-25-13-4-14-26-34)46(42)36-29-17-6-18-30-36/h1-30H. The Morgan fingerprint density at radius 2 is 0.543 bits per heavy atom. The van der Waals surface area contributed by atoms with Crippen LogP contribution in [0.5, 0.6) is 0 Å². The first-order chi connectivity index (χ1) is 22.9. The van der Waals surface area contributed by atoms with Gasteiger partial charge in [-0.1, -0.05) is 158 Å². The summed E-state index contributed by atoms with van der Waals surface area (Å²) < 4.78 is 4.53. The maximum atomic E-state index is 5.51. The molecule has 0 aliphatic rings. The van der Waals surface area contributed by atoms with Crippen molar-refractivity contribution in [3.8, 4) is 68.1 Å². The van der Waals surface area contributed by atoms with Gasteiger partial charge in [-0.05, 0) is 24.3 Å². The van der Waals surface area contributed by atoms with Crippen molar-refractivity contribution in [1.29, 1.82) is 0 Å². The molecule has 4 nitrogen and oxygen atoms in total. The monoisotopic (exact) mass is 590 g/mol. The summed E-state index contributed by atoms with van der Waals surface area (Å²) in [6, 6.07) is 62.8. The topological polar surface area (TPSA) is 35.6 Å². The van der Waals surface area contributed by atoms with Crippen LogP contribution in [0.3, 0.4) is 0 Å². The third-order valence-electron chi connectivity index (χ3n) is 8.17. The highest BCUT2D eigenvalue weighted by molar-refractivity contribution is 5.87. The Morgan fingerprint density at radius 3 is 0.848 bits per heavy atom. The van der Waals surface area contributed by atoms with Crippen LogP contribution in [0.4, 0.5) is 0 Å². The van der Waals surface area contributed by atoms with E-state index in [1.54, 1.807) is 0 Å². The summed E-state index contributed by atoms with van der Waals surface area (Å²) >= 11 is 0. The van der Waals surface area contributed by atoms with Gasteiger partial charge >= 0.3 is 0 Å². The normalized spacial score (nSPS) is 11.0. The zero-order valence-electron chi connectivity index (χ0n) is 25.1. The average Bonchev–Trinajstić information content (AvgIpc) is 3.74. The van der Waals surface area contributed by atoms with Gasteiger partial charge in [0.15, 0.2) is 11.6 Å². The van der Waals surface area contributed by atoms with Crippen LogP contribution >= 0.6 is 0 Å². The minimum absolute atomic E-state index is 0.757. The van der Waals surface area contributed by atoms with Crippen molar-refractivity contribution >= 4 is 0 Å². The van der Waals surface area contributed by atoms with Crippen molar-refractivity contribution in [3.05, 3.63) is 182 Å². The van der Waals surface area contributed by atoms with Crippen molar-refractivity contribution in [3.63, 3.8) is 0 Å². The Hall–Kier alpha value is -6.26. The number of aromatic nitrogens is 4.